The lowest BCUT2D eigenvalue weighted by Gasteiger charge is -2.31. The Kier molecular flexibility index (Phi) is 5.44. The van der Waals surface area contributed by atoms with Gasteiger partial charge in [-0.1, -0.05) is 17.3 Å². The molecular weight excluding hydrogens is 374 g/mol. The van der Waals surface area contributed by atoms with Crippen LogP contribution >= 0.6 is 0 Å². The highest BCUT2D eigenvalue weighted by Gasteiger charge is 2.30. The van der Waals surface area contributed by atoms with Crippen LogP contribution in [0.2, 0.25) is 0 Å². The van der Waals surface area contributed by atoms with E-state index in [1.165, 1.54) is 0 Å². The van der Waals surface area contributed by atoms with E-state index < -0.39 is 6.10 Å². The van der Waals surface area contributed by atoms with Gasteiger partial charge in [0.25, 0.3) is 11.8 Å². The molecule has 1 fully saturated rings. The largest absolute Gasteiger partial charge is 0.497 e. The Bertz CT molecular complexity index is 986. The minimum Gasteiger partial charge on any atom is -0.497 e. The van der Waals surface area contributed by atoms with Gasteiger partial charge in [0.2, 0.25) is 5.82 Å². The first-order valence-electron chi connectivity index (χ1n) is 9.21. The number of rotatable bonds is 5. The van der Waals surface area contributed by atoms with Crippen LogP contribution in [0.1, 0.15) is 22.3 Å². The van der Waals surface area contributed by atoms with Crippen molar-refractivity contribution in [3.05, 3.63) is 59.9 Å². The minimum atomic E-state index is -0.460. The summed E-state index contributed by atoms with van der Waals surface area (Å²) in [6.45, 7) is 1.20. The summed E-state index contributed by atoms with van der Waals surface area (Å²) in [4.78, 5) is 19.1. The van der Waals surface area contributed by atoms with E-state index >= 15 is 0 Å². The van der Waals surface area contributed by atoms with E-state index in [0.717, 1.165) is 11.3 Å². The second-order valence-electron chi connectivity index (χ2n) is 6.50. The highest BCUT2D eigenvalue weighted by molar-refractivity contribution is 5.97. The SMILES string of the molecule is COc1ccc(-c2nc([C@H]3CN(C(=O)c4ccccc4OC)CCO3)no2)cc1. The van der Waals surface area contributed by atoms with Crippen LogP contribution in [-0.4, -0.2) is 54.9 Å². The van der Waals surface area contributed by atoms with Gasteiger partial charge in [-0.05, 0) is 36.4 Å². The van der Waals surface area contributed by atoms with Crippen LogP contribution in [0.25, 0.3) is 11.5 Å². The first-order valence-corrected chi connectivity index (χ1v) is 9.21. The second kappa shape index (κ2) is 8.32. The molecule has 29 heavy (non-hydrogen) atoms. The second-order valence-corrected chi connectivity index (χ2v) is 6.50. The number of para-hydroxylation sites is 1. The molecule has 1 aliphatic heterocycles. The normalized spacial score (nSPS) is 16.5. The van der Waals surface area contributed by atoms with Crippen LogP contribution < -0.4 is 9.47 Å². The maximum Gasteiger partial charge on any atom is 0.258 e. The average Bonchev–Trinajstić information content (AvgIpc) is 3.29. The lowest BCUT2D eigenvalue weighted by atomic mass is 10.1. The van der Waals surface area contributed by atoms with Crippen molar-refractivity contribution in [1.29, 1.82) is 0 Å². The molecule has 0 bridgehead atoms. The molecule has 2 heterocycles. The highest BCUT2D eigenvalue weighted by atomic mass is 16.5. The third kappa shape index (κ3) is 3.93. The zero-order valence-electron chi connectivity index (χ0n) is 16.2. The number of amides is 1. The zero-order valence-corrected chi connectivity index (χ0v) is 16.2. The first kappa shape index (κ1) is 18.9. The van der Waals surface area contributed by atoms with E-state index in [0.29, 0.717) is 42.7 Å². The average molecular weight is 395 g/mol. The molecule has 8 heteroatoms. The summed E-state index contributed by atoms with van der Waals surface area (Å²) in [5.74, 6) is 1.97. The molecule has 1 amide bonds. The van der Waals surface area contributed by atoms with Crippen LogP contribution in [0.4, 0.5) is 0 Å². The lowest BCUT2D eigenvalue weighted by molar-refractivity contribution is -0.0277. The molecule has 0 spiro atoms. The van der Waals surface area contributed by atoms with E-state index in [2.05, 4.69) is 10.1 Å². The van der Waals surface area contributed by atoms with E-state index in [-0.39, 0.29) is 5.91 Å². The van der Waals surface area contributed by atoms with Gasteiger partial charge in [-0.15, -0.1) is 0 Å². The molecule has 1 aliphatic rings. The van der Waals surface area contributed by atoms with Crippen LogP contribution in [-0.2, 0) is 4.74 Å². The van der Waals surface area contributed by atoms with Gasteiger partial charge < -0.3 is 23.6 Å². The summed E-state index contributed by atoms with van der Waals surface area (Å²) in [5, 5.41) is 4.05. The molecule has 0 saturated carbocycles. The number of aromatic nitrogens is 2. The predicted octanol–water partition coefficient (Wildman–Crippen LogP) is 2.97. The Labute approximate surface area is 168 Å². The summed E-state index contributed by atoms with van der Waals surface area (Å²) >= 11 is 0. The van der Waals surface area contributed by atoms with Crippen molar-refractivity contribution in [2.45, 2.75) is 6.10 Å². The zero-order chi connectivity index (χ0) is 20.2. The van der Waals surface area contributed by atoms with Crippen molar-refractivity contribution in [2.24, 2.45) is 0 Å². The van der Waals surface area contributed by atoms with Gasteiger partial charge in [0.1, 0.15) is 17.6 Å². The summed E-state index contributed by atoms with van der Waals surface area (Å²) in [6, 6.07) is 14.5. The van der Waals surface area contributed by atoms with Crippen molar-refractivity contribution in [2.75, 3.05) is 33.9 Å². The number of ether oxygens (including phenoxy) is 3. The van der Waals surface area contributed by atoms with Crippen molar-refractivity contribution < 1.29 is 23.5 Å². The quantitative estimate of drug-likeness (QED) is 0.656. The van der Waals surface area contributed by atoms with Crippen molar-refractivity contribution in [3.63, 3.8) is 0 Å². The van der Waals surface area contributed by atoms with Gasteiger partial charge in [-0.2, -0.15) is 4.98 Å². The maximum absolute atomic E-state index is 13.0. The van der Waals surface area contributed by atoms with E-state index in [4.69, 9.17) is 18.7 Å². The van der Waals surface area contributed by atoms with Crippen LogP contribution in [0.15, 0.2) is 53.1 Å². The van der Waals surface area contributed by atoms with E-state index in [1.807, 2.05) is 36.4 Å². The fourth-order valence-corrected chi connectivity index (χ4v) is 3.20. The molecule has 0 radical (unpaired) electrons. The number of hydrogen-bond donors (Lipinski definition) is 0. The maximum atomic E-state index is 13.0. The topological polar surface area (TPSA) is 86.9 Å². The van der Waals surface area contributed by atoms with Gasteiger partial charge in [0.05, 0.1) is 32.9 Å². The standard InChI is InChI=1S/C21H21N3O5/c1-26-15-9-7-14(8-10-15)20-22-19(23-29-20)18-13-24(11-12-28-18)21(25)16-5-3-4-6-17(16)27-2/h3-10,18H,11-13H2,1-2H3/t18-/m1/s1. The minimum absolute atomic E-state index is 0.116. The fraction of sp³-hybridized carbons (Fsp3) is 0.286. The van der Waals surface area contributed by atoms with Gasteiger partial charge in [0, 0.05) is 12.1 Å². The van der Waals surface area contributed by atoms with Crippen LogP contribution in [0.5, 0.6) is 11.5 Å². The smallest absolute Gasteiger partial charge is 0.258 e. The molecule has 3 aromatic rings. The molecule has 4 rings (SSSR count). The van der Waals surface area contributed by atoms with Crippen LogP contribution in [0, 0.1) is 0 Å². The Morgan fingerprint density at radius 3 is 2.66 bits per heavy atom. The van der Waals surface area contributed by atoms with E-state index in [9.17, 15) is 4.79 Å². The number of hydrogen-bond acceptors (Lipinski definition) is 7. The van der Waals surface area contributed by atoms with Crippen LogP contribution in [0.3, 0.4) is 0 Å². The molecule has 0 aliphatic carbocycles. The number of methoxy groups -OCH3 is 2. The van der Waals surface area contributed by atoms with Crippen molar-refractivity contribution >= 4 is 5.91 Å². The van der Waals surface area contributed by atoms with Crippen molar-refractivity contribution in [1.82, 2.24) is 15.0 Å². The highest BCUT2D eigenvalue weighted by Crippen LogP contribution is 2.27. The number of benzene rings is 2. The molecule has 1 saturated heterocycles. The molecular formula is C21H21N3O5. The first-order chi connectivity index (χ1) is 14.2. The summed E-state index contributed by atoms with van der Waals surface area (Å²) in [7, 11) is 3.16. The summed E-state index contributed by atoms with van der Waals surface area (Å²) < 4.78 is 21.7. The lowest BCUT2D eigenvalue weighted by Crippen LogP contribution is -2.42. The molecule has 1 atom stereocenters. The van der Waals surface area contributed by atoms with Gasteiger partial charge >= 0.3 is 0 Å². The molecule has 0 N–H and O–H groups in total. The number of nitrogens with zero attached hydrogens (tertiary/aromatic N) is 3. The number of carbonyl (C=O) groups excluding carboxylic acids is 1. The number of carbonyl (C=O) groups is 1. The Morgan fingerprint density at radius 2 is 1.90 bits per heavy atom. The summed E-state index contributed by atoms with van der Waals surface area (Å²) in [6.07, 6.45) is -0.460. The monoisotopic (exact) mass is 395 g/mol. The molecule has 2 aromatic carbocycles. The summed E-state index contributed by atoms with van der Waals surface area (Å²) in [5.41, 5.74) is 1.30. The van der Waals surface area contributed by atoms with Gasteiger partial charge in [-0.25, -0.2) is 0 Å². The Morgan fingerprint density at radius 1 is 1.10 bits per heavy atom. The van der Waals surface area contributed by atoms with E-state index in [1.54, 1.807) is 31.3 Å². The predicted molar refractivity (Wildman–Crippen MR) is 104 cm³/mol. The Balaban J connectivity index is 1.50. The number of morpholine rings is 1. The Hall–Kier alpha value is -3.39. The molecule has 150 valence electrons. The van der Waals surface area contributed by atoms with Crippen molar-refractivity contribution in [3.8, 4) is 23.0 Å². The molecule has 8 nitrogen and oxygen atoms in total. The molecule has 1 aromatic heterocycles. The third-order valence-electron chi connectivity index (χ3n) is 4.76. The third-order valence-corrected chi connectivity index (χ3v) is 4.76. The fourth-order valence-electron chi connectivity index (χ4n) is 3.20. The molecule has 0 unspecified atom stereocenters. The van der Waals surface area contributed by atoms with Gasteiger partial charge in [-0.3, -0.25) is 4.79 Å². The van der Waals surface area contributed by atoms with Gasteiger partial charge in [0.15, 0.2) is 0 Å².